The maximum absolute atomic E-state index is 11.5. The average Bonchev–Trinajstić information content (AvgIpc) is 2.96. The largest absolute Gasteiger partial charge is 0.393 e. The van der Waals surface area contributed by atoms with E-state index >= 15 is 0 Å². The molecule has 0 saturated heterocycles. The van der Waals surface area contributed by atoms with Crippen molar-refractivity contribution in [3.63, 3.8) is 0 Å². The molecule has 0 heterocycles. The van der Waals surface area contributed by atoms with Crippen LogP contribution < -0.4 is 5.73 Å². The summed E-state index contributed by atoms with van der Waals surface area (Å²) in [4.78, 5) is 0. The first kappa shape index (κ1) is 19.2. The molecule has 0 aromatic heterocycles. The van der Waals surface area contributed by atoms with Crippen LogP contribution in [0.3, 0.4) is 0 Å². The van der Waals surface area contributed by atoms with E-state index < -0.39 is 0 Å². The summed E-state index contributed by atoms with van der Waals surface area (Å²) in [5.74, 6) is 4.66. The molecule has 3 N–H and O–H groups in total. The highest BCUT2D eigenvalue weighted by molar-refractivity contribution is 5.12. The average molecular weight is 362 g/mol. The van der Waals surface area contributed by atoms with Crippen LogP contribution in [-0.4, -0.2) is 17.3 Å². The van der Waals surface area contributed by atoms with Crippen molar-refractivity contribution in [2.45, 2.75) is 104 Å². The lowest BCUT2D eigenvalue weighted by Crippen LogP contribution is -2.59. The maximum atomic E-state index is 11.5. The molecule has 0 aliphatic heterocycles. The molecule has 4 saturated carbocycles. The van der Waals surface area contributed by atoms with Crippen molar-refractivity contribution in [2.24, 2.45) is 52.1 Å². The van der Waals surface area contributed by atoms with Gasteiger partial charge in [-0.3, -0.25) is 0 Å². The van der Waals surface area contributed by atoms with Gasteiger partial charge in [-0.2, -0.15) is 0 Å². The lowest BCUT2D eigenvalue weighted by molar-refractivity contribution is -0.169. The summed E-state index contributed by atoms with van der Waals surface area (Å²) >= 11 is 0. The second kappa shape index (κ2) is 6.76. The Balaban J connectivity index is 1.61. The zero-order chi connectivity index (χ0) is 18.7. The fourth-order valence-electron chi connectivity index (χ4n) is 8.87. The van der Waals surface area contributed by atoms with Crippen molar-refractivity contribution in [3.8, 4) is 0 Å². The number of hydrogen-bond donors (Lipinski definition) is 2. The molecule has 4 aliphatic carbocycles. The number of fused-ring (bicyclic) bond motifs is 5. The molecule has 0 aromatic rings. The molecule has 4 fully saturated rings. The van der Waals surface area contributed by atoms with E-state index in [1.54, 1.807) is 0 Å². The van der Waals surface area contributed by atoms with Gasteiger partial charge in [0.25, 0.3) is 0 Å². The summed E-state index contributed by atoms with van der Waals surface area (Å²) in [6, 6.07) is 0.425. The Morgan fingerprint density at radius 2 is 1.81 bits per heavy atom. The van der Waals surface area contributed by atoms with Crippen molar-refractivity contribution in [1.82, 2.24) is 0 Å². The molecule has 10 atom stereocenters. The predicted octanol–water partition coefficient (Wildman–Crippen LogP) is 5.38. The number of hydrogen-bond acceptors (Lipinski definition) is 2. The van der Waals surface area contributed by atoms with Gasteiger partial charge in [-0.05, 0) is 97.7 Å². The Morgan fingerprint density at radius 3 is 2.54 bits per heavy atom. The van der Waals surface area contributed by atoms with E-state index in [9.17, 15) is 5.11 Å². The first-order valence-electron chi connectivity index (χ1n) is 11.8. The van der Waals surface area contributed by atoms with Crippen LogP contribution in [0.2, 0.25) is 0 Å². The third-order valence-electron chi connectivity index (χ3n) is 10.3. The van der Waals surface area contributed by atoms with Crippen LogP contribution in [0, 0.1) is 46.3 Å². The molecule has 0 bridgehead atoms. The number of rotatable bonds is 3. The van der Waals surface area contributed by atoms with Gasteiger partial charge < -0.3 is 10.8 Å². The Kier molecular flexibility index (Phi) is 5.01. The lowest BCUT2D eigenvalue weighted by Gasteiger charge is -2.62. The molecule has 4 rings (SSSR count). The summed E-state index contributed by atoms with van der Waals surface area (Å²) in [5.41, 5.74) is 6.94. The molecule has 0 radical (unpaired) electrons. The fraction of sp³-hybridized carbons (Fsp3) is 1.00. The van der Waals surface area contributed by atoms with Crippen LogP contribution in [0.4, 0.5) is 0 Å². The van der Waals surface area contributed by atoms with E-state index in [-0.39, 0.29) is 11.5 Å². The standard InChI is InChI=1S/C24H43NO/c1-5-6-15(2)19-9-10-20-18-8-7-16-13-17(25)11-12-23(16,3)21(18)14-22(26)24(19,20)4/h15-22,26H,5-14,25H2,1-4H3/t15?,16-,17+,18?,19-,20?,21?,22+,23+,24-/m1/s1. The second-order valence-electron chi connectivity index (χ2n) is 11.3. The van der Waals surface area contributed by atoms with Crippen molar-refractivity contribution in [2.75, 3.05) is 0 Å². The highest BCUT2D eigenvalue weighted by atomic mass is 16.3. The summed E-state index contributed by atoms with van der Waals surface area (Å²) in [7, 11) is 0. The maximum Gasteiger partial charge on any atom is 0.0602 e. The third kappa shape index (κ3) is 2.65. The zero-order valence-corrected chi connectivity index (χ0v) is 17.7. The predicted molar refractivity (Wildman–Crippen MR) is 109 cm³/mol. The molecular weight excluding hydrogens is 318 g/mol. The molecule has 0 spiro atoms. The van der Waals surface area contributed by atoms with Crippen LogP contribution in [-0.2, 0) is 0 Å². The summed E-state index contributed by atoms with van der Waals surface area (Å²) in [5, 5.41) is 11.5. The number of aliphatic hydroxyl groups excluding tert-OH is 1. The summed E-state index contributed by atoms with van der Waals surface area (Å²) in [6.07, 6.45) is 12.8. The van der Waals surface area contributed by atoms with Gasteiger partial charge in [0.15, 0.2) is 0 Å². The summed E-state index contributed by atoms with van der Waals surface area (Å²) in [6.45, 7) is 9.82. The Hall–Kier alpha value is -0.0800. The van der Waals surface area contributed by atoms with Crippen molar-refractivity contribution in [3.05, 3.63) is 0 Å². The second-order valence-corrected chi connectivity index (χ2v) is 11.3. The Bertz CT molecular complexity index is 520. The molecule has 0 amide bonds. The van der Waals surface area contributed by atoms with E-state index in [4.69, 9.17) is 5.73 Å². The van der Waals surface area contributed by atoms with Crippen LogP contribution >= 0.6 is 0 Å². The fourth-order valence-corrected chi connectivity index (χ4v) is 8.87. The SMILES string of the molecule is CCCC(C)[C@H]1CCC2C3CC[C@@H]4C[C@@H](N)CC[C@]4(C)C3C[C@H](O)[C@@]21C. The van der Waals surface area contributed by atoms with Crippen molar-refractivity contribution < 1.29 is 5.11 Å². The molecular formula is C24H43NO. The number of aliphatic hydroxyl groups is 1. The van der Waals surface area contributed by atoms with Gasteiger partial charge in [0.1, 0.15) is 0 Å². The molecule has 150 valence electrons. The first-order valence-corrected chi connectivity index (χ1v) is 11.8. The van der Waals surface area contributed by atoms with Gasteiger partial charge in [0.2, 0.25) is 0 Å². The van der Waals surface area contributed by atoms with Gasteiger partial charge in [-0.15, -0.1) is 0 Å². The molecule has 4 aliphatic rings. The van der Waals surface area contributed by atoms with Gasteiger partial charge in [-0.25, -0.2) is 0 Å². The minimum atomic E-state index is -0.0910. The Labute approximate surface area is 161 Å². The van der Waals surface area contributed by atoms with E-state index in [1.165, 1.54) is 57.8 Å². The van der Waals surface area contributed by atoms with E-state index in [0.29, 0.717) is 11.5 Å². The lowest BCUT2D eigenvalue weighted by atomic mass is 9.43. The molecule has 26 heavy (non-hydrogen) atoms. The first-order chi connectivity index (χ1) is 12.3. The topological polar surface area (TPSA) is 46.2 Å². The van der Waals surface area contributed by atoms with E-state index in [2.05, 4.69) is 27.7 Å². The van der Waals surface area contributed by atoms with Gasteiger partial charge in [0, 0.05) is 6.04 Å². The zero-order valence-electron chi connectivity index (χ0n) is 17.7. The van der Waals surface area contributed by atoms with Crippen LogP contribution in [0.5, 0.6) is 0 Å². The van der Waals surface area contributed by atoms with Crippen LogP contribution in [0.1, 0.15) is 91.9 Å². The van der Waals surface area contributed by atoms with E-state index in [1.807, 2.05) is 0 Å². The summed E-state index contributed by atoms with van der Waals surface area (Å²) < 4.78 is 0. The van der Waals surface area contributed by atoms with Crippen molar-refractivity contribution in [1.29, 1.82) is 0 Å². The quantitative estimate of drug-likeness (QED) is 0.709. The van der Waals surface area contributed by atoms with E-state index in [0.717, 1.165) is 41.9 Å². The smallest absolute Gasteiger partial charge is 0.0602 e. The minimum Gasteiger partial charge on any atom is -0.393 e. The molecule has 2 heteroatoms. The minimum absolute atomic E-state index is 0.0910. The highest BCUT2D eigenvalue weighted by Crippen LogP contribution is 2.68. The molecule has 4 unspecified atom stereocenters. The van der Waals surface area contributed by atoms with Gasteiger partial charge in [-0.1, -0.05) is 40.5 Å². The number of nitrogens with two attached hydrogens (primary N) is 1. The van der Waals surface area contributed by atoms with Crippen LogP contribution in [0.15, 0.2) is 0 Å². The van der Waals surface area contributed by atoms with Gasteiger partial charge >= 0.3 is 0 Å². The van der Waals surface area contributed by atoms with Crippen LogP contribution in [0.25, 0.3) is 0 Å². The highest BCUT2D eigenvalue weighted by Gasteiger charge is 2.63. The monoisotopic (exact) mass is 361 g/mol. The third-order valence-corrected chi connectivity index (χ3v) is 10.3. The van der Waals surface area contributed by atoms with Gasteiger partial charge in [0.05, 0.1) is 6.10 Å². The Morgan fingerprint density at radius 1 is 1.04 bits per heavy atom. The van der Waals surface area contributed by atoms with Crippen molar-refractivity contribution >= 4 is 0 Å². The molecule has 2 nitrogen and oxygen atoms in total. The normalized spacial score (nSPS) is 54.9. The molecule has 0 aromatic carbocycles.